The maximum Gasteiger partial charge on any atom is 0.245 e. The van der Waals surface area contributed by atoms with Crippen molar-refractivity contribution < 1.29 is 13.2 Å². The number of amides is 1. The number of nitrogens with zero attached hydrogens (tertiary/aromatic N) is 1. The van der Waals surface area contributed by atoms with Gasteiger partial charge in [-0.25, -0.2) is 8.42 Å². The number of carbonyl (C=O) groups excluding carboxylic acids is 1. The first-order valence-electron chi connectivity index (χ1n) is 5.79. The van der Waals surface area contributed by atoms with E-state index in [1.165, 1.54) is 4.31 Å². The Bertz CT molecular complexity index is 566. The van der Waals surface area contributed by atoms with Gasteiger partial charge in [0.2, 0.25) is 15.9 Å². The van der Waals surface area contributed by atoms with Gasteiger partial charge in [-0.1, -0.05) is 26.0 Å². The van der Waals surface area contributed by atoms with E-state index in [1.54, 1.807) is 24.3 Å². The highest BCUT2D eigenvalue weighted by atomic mass is 32.2. The van der Waals surface area contributed by atoms with E-state index in [0.29, 0.717) is 11.4 Å². The molecule has 6 heteroatoms. The summed E-state index contributed by atoms with van der Waals surface area (Å²) < 4.78 is 25.7. The van der Waals surface area contributed by atoms with Gasteiger partial charge in [0.1, 0.15) is 6.54 Å². The molecule has 0 atom stereocenters. The second kappa shape index (κ2) is 4.61. The lowest BCUT2D eigenvalue weighted by Gasteiger charge is -2.30. The van der Waals surface area contributed by atoms with Gasteiger partial charge >= 0.3 is 0 Å². The number of nitrogens with one attached hydrogen (secondary N) is 1. The molecule has 2 rings (SSSR count). The minimum absolute atomic E-state index is 0.0205. The van der Waals surface area contributed by atoms with E-state index < -0.39 is 10.0 Å². The Morgan fingerprint density at radius 3 is 2.67 bits per heavy atom. The molecule has 0 aromatic heterocycles. The van der Waals surface area contributed by atoms with Crippen LogP contribution in [0.15, 0.2) is 24.3 Å². The van der Waals surface area contributed by atoms with E-state index in [4.69, 9.17) is 0 Å². The summed E-state index contributed by atoms with van der Waals surface area (Å²) >= 11 is 0. The zero-order valence-electron chi connectivity index (χ0n) is 10.4. The van der Waals surface area contributed by atoms with Crippen LogP contribution in [0.3, 0.4) is 0 Å². The van der Waals surface area contributed by atoms with E-state index in [1.807, 2.05) is 13.8 Å². The molecule has 0 unspecified atom stereocenters. The van der Waals surface area contributed by atoms with Gasteiger partial charge in [0.05, 0.1) is 17.1 Å². The summed E-state index contributed by atoms with van der Waals surface area (Å²) in [6.45, 7) is 3.53. The van der Waals surface area contributed by atoms with Crippen LogP contribution in [-0.4, -0.2) is 26.6 Å². The van der Waals surface area contributed by atoms with Gasteiger partial charge in [0, 0.05) is 0 Å². The van der Waals surface area contributed by atoms with Gasteiger partial charge in [-0.2, -0.15) is 0 Å². The van der Waals surface area contributed by atoms with Gasteiger partial charge in [0.25, 0.3) is 0 Å². The first kappa shape index (κ1) is 12.9. The van der Waals surface area contributed by atoms with E-state index in [9.17, 15) is 13.2 Å². The monoisotopic (exact) mass is 268 g/mol. The Morgan fingerprint density at radius 1 is 1.33 bits per heavy atom. The number of hydrogen-bond donors (Lipinski definition) is 1. The molecule has 0 bridgehead atoms. The van der Waals surface area contributed by atoms with Gasteiger partial charge in [-0.05, 0) is 18.1 Å². The summed E-state index contributed by atoms with van der Waals surface area (Å²) in [5, 5.41) is 2.67. The van der Waals surface area contributed by atoms with Crippen molar-refractivity contribution in [2.45, 2.75) is 13.8 Å². The number of fused-ring (bicyclic) bond motifs is 1. The number of hydrogen-bond acceptors (Lipinski definition) is 3. The number of sulfonamides is 1. The second-order valence-electron chi connectivity index (χ2n) is 4.74. The van der Waals surface area contributed by atoms with Crippen molar-refractivity contribution >= 4 is 27.3 Å². The zero-order valence-corrected chi connectivity index (χ0v) is 11.2. The predicted octanol–water partition coefficient (Wildman–Crippen LogP) is 1.43. The predicted molar refractivity (Wildman–Crippen MR) is 71.0 cm³/mol. The molecule has 0 saturated carbocycles. The van der Waals surface area contributed by atoms with Crippen molar-refractivity contribution in [2.75, 3.05) is 21.9 Å². The molecule has 1 aliphatic rings. The summed E-state index contributed by atoms with van der Waals surface area (Å²) in [5.41, 5.74) is 1.08. The maximum atomic E-state index is 12.3. The summed E-state index contributed by atoms with van der Waals surface area (Å²) in [4.78, 5) is 11.6. The first-order valence-corrected chi connectivity index (χ1v) is 7.40. The SMILES string of the molecule is CC(C)CS(=O)(=O)N1CC(=O)Nc2ccccc21. The number of rotatable bonds is 3. The fraction of sp³-hybridized carbons (Fsp3) is 0.417. The molecule has 1 aliphatic heterocycles. The quantitative estimate of drug-likeness (QED) is 0.901. The lowest BCUT2D eigenvalue weighted by molar-refractivity contribution is -0.115. The average Bonchev–Trinajstić information content (AvgIpc) is 2.26. The maximum absolute atomic E-state index is 12.3. The van der Waals surface area contributed by atoms with E-state index >= 15 is 0 Å². The summed E-state index contributed by atoms with van der Waals surface area (Å²) in [5.74, 6) is -0.248. The van der Waals surface area contributed by atoms with Crippen molar-refractivity contribution in [1.29, 1.82) is 0 Å². The molecule has 1 N–H and O–H groups in total. The number of para-hydroxylation sites is 2. The first-order chi connectivity index (χ1) is 8.40. The fourth-order valence-corrected chi connectivity index (χ4v) is 3.76. The third-order valence-corrected chi connectivity index (χ3v) is 4.70. The van der Waals surface area contributed by atoms with Crippen LogP contribution in [0.1, 0.15) is 13.8 Å². The molecular formula is C12H16N2O3S. The van der Waals surface area contributed by atoms with Crippen LogP contribution >= 0.6 is 0 Å². The largest absolute Gasteiger partial charge is 0.323 e. The van der Waals surface area contributed by atoms with Gasteiger partial charge in [-0.15, -0.1) is 0 Å². The summed E-state index contributed by atoms with van der Waals surface area (Å²) in [6, 6.07) is 6.92. The van der Waals surface area contributed by atoms with Gasteiger partial charge in [0.15, 0.2) is 0 Å². The number of anilines is 2. The van der Waals surface area contributed by atoms with Crippen molar-refractivity contribution in [3.63, 3.8) is 0 Å². The Labute approximate surface area is 107 Å². The molecule has 0 saturated heterocycles. The lowest BCUT2D eigenvalue weighted by atomic mass is 10.2. The average molecular weight is 268 g/mol. The smallest absolute Gasteiger partial charge is 0.245 e. The molecule has 1 amide bonds. The third-order valence-electron chi connectivity index (χ3n) is 2.61. The third kappa shape index (κ3) is 2.48. The van der Waals surface area contributed by atoms with Crippen LogP contribution in [0.25, 0.3) is 0 Å². The molecule has 1 heterocycles. The van der Waals surface area contributed by atoms with Crippen molar-refractivity contribution in [3.8, 4) is 0 Å². The Balaban J connectivity index is 2.43. The topological polar surface area (TPSA) is 66.5 Å². The zero-order chi connectivity index (χ0) is 13.3. The molecule has 5 nitrogen and oxygen atoms in total. The molecule has 0 aliphatic carbocycles. The lowest BCUT2D eigenvalue weighted by Crippen LogP contribution is -2.43. The van der Waals surface area contributed by atoms with Gasteiger partial charge < -0.3 is 5.32 Å². The number of carbonyl (C=O) groups is 1. The highest BCUT2D eigenvalue weighted by Crippen LogP contribution is 2.31. The Hall–Kier alpha value is -1.56. The highest BCUT2D eigenvalue weighted by molar-refractivity contribution is 7.92. The molecule has 1 aromatic rings. The molecular weight excluding hydrogens is 252 g/mol. The second-order valence-corrected chi connectivity index (χ2v) is 6.68. The fourth-order valence-electron chi connectivity index (χ4n) is 1.96. The van der Waals surface area contributed by atoms with Gasteiger partial charge in [-0.3, -0.25) is 9.10 Å². The normalized spacial score (nSPS) is 15.5. The summed E-state index contributed by atoms with van der Waals surface area (Å²) in [6.07, 6.45) is 0. The van der Waals surface area contributed by atoms with E-state index in [2.05, 4.69) is 5.32 Å². The van der Waals surface area contributed by atoms with Crippen LogP contribution in [0.4, 0.5) is 11.4 Å². The van der Waals surface area contributed by atoms with Crippen molar-refractivity contribution in [3.05, 3.63) is 24.3 Å². The van der Waals surface area contributed by atoms with Crippen LogP contribution in [-0.2, 0) is 14.8 Å². The standard InChI is InChI=1S/C12H16N2O3S/c1-9(2)8-18(16,17)14-7-12(15)13-10-5-3-4-6-11(10)14/h3-6,9H,7-8H2,1-2H3,(H,13,15). The molecule has 0 spiro atoms. The summed E-state index contributed by atoms with van der Waals surface area (Å²) in [7, 11) is -3.46. The van der Waals surface area contributed by atoms with E-state index in [0.717, 1.165) is 0 Å². The molecule has 0 radical (unpaired) electrons. The molecule has 1 aromatic carbocycles. The van der Waals surface area contributed by atoms with Crippen LogP contribution in [0.5, 0.6) is 0 Å². The molecule has 98 valence electrons. The minimum Gasteiger partial charge on any atom is -0.323 e. The van der Waals surface area contributed by atoms with Crippen LogP contribution in [0, 0.1) is 5.92 Å². The van der Waals surface area contributed by atoms with Crippen molar-refractivity contribution in [2.24, 2.45) is 5.92 Å². The van der Waals surface area contributed by atoms with Crippen LogP contribution in [0.2, 0.25) is 0 Å². The van der Waals surface area contributed by atoms with E-state index in [-0.39, 0.29) is 24.1 Å². The Morgan fingerprint density at radius 2 is 2.00 bits per heavy atom. The molecule has 0 fully saturated rings. The van der Waals surface area contributed by atoms with Crippen LogP contribution < -0.4 is 9.62 Å². The number of benzene rings is 1. The highest BCUT2D eigenvalue weighted by Gasteiger charge is 2.31. The minimum atomic E-state index is -3.46. The molecule has 18 heavy (non-hydrogen) atoms. The Kier molecular flexibility index (Phi) is 3.30. The van der Waals surface area contributed by atoms with Crippen molar-refractivity contribution in [1.82, 2.24) is 0 Å².